The Labute approximate surface area is 190 Å². The Morgan fingerprint density at radius 1 is 1.09 bits per heavy atom. The summed E-state index contributed by atoms with van der Waals surface area (Å²) in [4.78, 5) is 8.96. The zero-order chi connectivity index (χ0) is 22.8. The van der Waals surface area contributed by atoms with Crippen LogP contribution in [0.15, 0.2) is 36.9 Å². The Kier molecular flexibility index (Phi) is 5.41. The Balaban J connectivity index is 1.54. The monoisotopic (exact) mass is 438 g/mol. The Hall–Kier alpha value is -4.31. The highest BCUT2D eigenvalue weighted by atomic mass is 15.4. The largest absolute Gasteiger partial charge is 0.368 e. The van der Waals surface area contributed by atoms with E-state index in [4.69, 9.17) is 5.26 Å². The van der Waals surface area contributed by atoms with E-state index in [2.05, 4.69) is 42.8 Å². The number of nitrogens with zero attached hydrogens (tertiary/aromatic N) is 9. The van der Waals surface area contributed by atoms with Crippen LogP contribution in [-0.2, 0) is 0 Å². The average Bonchev–Trinajstić information content (AvgIpc) is 3.51. The first-order valence-electron chi connectivity index (χ1n) is 11.0. The number of fused-ring (bicyclic) bond motifs is 1. The van der Waals surface area contributed by atoms with Crippen molar-refractivity contribution in [3.8, 4) is 23.6 Å². The molecule has 10 nitrogen and oxygen atoms in total. The lowest BCUT2D eigenvalue weighted by molar-refractivity contribution is 0.436. The summed E-state index contributed by atoms with van der Waals surface area (Å²) in [5.41, 5.74) is 3.44. The molecule has 1 N–H and O–H groups in total. The van der Waals surface area contributed by atoms with Crippen LogP contribution in [0.4, 0.5) is 5.69 Å². The van der Waals surface area contributed by atoms with E-state index < -0.39 is 6.04 Å². The minimum atomic E-state index is -0.425. The van der Waals surface area contributed by atoms with Crippen molar-refractivity contribution in [2.45, 2.75) is 51.0 Å². The van der Waals surface area contributed by atoms with Crippen LogP contribution in [-0.4, -0.2) is 40.8 Å². The molecule has 0 amide bonds. The maximum absolute atomic E-state index is 9.36. The van der Waals surface area contributed by atoms with Gasteiger partial charge >= 0.3 is 0 Å². The van der Waals surface area contributed by atoms with Crippen molar-refractivity contribution < 1.29 is 0 Å². The summed E-state index contributed by atoms with van der Waals surface area (Å²) in [6, 6.07) is 7.42. The number of pyridine rings is 2. The standard InChI is InChI=1S/C23H22N10/c1-15(9-24)29-19-8-22(33-23-18(12-28-33)7-16(10-25)11-27-23)26-13-21(19)32-14-20(30-31-32)17-5-3-2-4-6-17/h7-8,11-15,17H,2-6H2,1H3,(H,26,29)/t15-/m1/s1. The first kappa shape index (κ1) is 20.6. The highest BCUT2D eigenvalue weighted by Gasteiger charge is 2.20. The molecule has 0 saturated heterocycles. The zero-order valence-corrected chi connectivity index (χ0v) is 18.2. The van der Waals surface area contributed by atoms with Crippen LogP contribution in [0.25, 0.3) is 22.5 Å². The minimum Gasteiger partial charge on any atom is -0.368 e. The second-order valence-electron chi connectivity index (χ2n) is 8.28. The van der Waals surface area contributed by atoms with Crippen LogP contribution < -0.4 is 5.32 Å². The number of nitriles is 2. The topological polar surface area (TPSA) is 134 Å². The van der Waals surface area contributed by atoms with Gasteiger partial charge in [0.25, 0.3) is 0 Å². The fourth-order valence-electron chi connectivity index (χ4n) is 4.25. The molecule has 164 valence electrons. The highest BCUT2D eigenvalue weighted by Crippen LogP contribution is 2.32. The SMILES string of the molecule is C[C@H](C#N)Nc1cc(-n2ncc3cc(C#N)cnc32)ncc1-n1cc(C2CCCCC2)nn1. The van der Waals surface area contributed by atoms with Crippen molar-refractivity contribution in [2.75, 3.05) is 5.32 Å². The number of anilines is 1. The lowest BCUT2D eigenvalue weighted by Gasteiger charge is -2.18. The van der Waals surface area contributed by atoms with Gasteiger partial charge in [-0.15, -0.1) is 5.10 Å². The highest BCUT2D eigenvalue weighted by molar-refractivity contribution is 5.77. The molecular weight excluding hydrogens is 416 g/mol. The molecule has 0 aromatic carbocycles. The third kappa shape index (κ3) is 3.99. The van der Waals surface area contributed by atoms with Gasteiger partial charge in [0.15, 0.2) is 11.5 Å². The van der Waals surface area contributed by atoms with E-state index in [1.165, 1.54) is 25.5 Å². The van der Waals surface area contributed by atoms with Gasteiger partial charge in [0.1, 0.15) is 17.8 Å². The van der Waals surface area contributed by atoms with E-state index >= 15 is 0 Å². The van der Waals surface area contributed by atoms with E-state index in [0.717, 1.165) is 23.9 Å². The predicted molar refractivity (Wildman–Crippen MR) is 121 cm³/mol. The lowest BCUT2D eigenvalue weighted by atomic mass is 9.87. The van der Waals surface area contributed by atoms with Crippen molar-refractivity contribution >= 4 is 16.7 Å². The van der Waals surface area contributed by atoms with E-state index in [1.54, 1.807) is 34.7 Å². The average molecular weight is 438 g/mol. The second kappa shape index (κ2) is 8.67. The number of aromatic nitrogens is 7. The van der Waals surface area contributed by atoms with Crippen LogP contribution in [0.5, 0.6) is 0 Å². The fraction of sp³-hybridized carbons (Fsp3) is 0.348. The Bertz CT molecular complexity index is 1380. The molecule has 4 aromatic heterocycles. The molecule has 1 saturated carbocycles. The number of hydrogen-bond acceptors (Lipinski definition) is 8. The van der Waals surface area contributed by atoms with Gasteiger partial charge in [0, 0.05) is 23.6 Å². The summed E-state index contributed by atoms with van der Waals surface area (Å²) in [6.07, 6.45) is 12.8. The van der Waals surface area contributed by atoms with Crippen molar-refractivity contribution in [1.29, 1.82) is 10.5 Å². The third-order valence-corrected chi connectivity index (χ3v) is 5.97. The number of rotatable bonds is 5. The molecule has 0 bridgehead atoms. The van der Waals surface area contributed by atoms with Crippen molar-refractivity contribution in [1.82, 2.24) is 34.7 Å². The molecule has 0 spiro atoms. The summed E-state index contributed by atoms with van der Waals surface area (Å²) in [6.45, 7) is 1.78. The normalized spacial score (nSPS) is 15.1. The molecule has 0 radical (unpaired) electrons. The van der Waals surface area contributed by atoms with Crippen LogP contribution in [0.1, 0.15) is 56.2 Å². The van der Waals surface area contributed by atoms with Crippen LogP contribution >= 0.6 is 0 Å². The van der Waals surface area contributed by atoms with Crippen molar-refractivity contribution in [3.63, 3.8) is 0 Å². The first-order chi connectivity index (χ1) is 16.2. The number of nitrogens with one attached hydrogen (secondary N) is 1. The van der Waals surface area contributed by atoms with Crippen LogP contribution in [0.2, 0.25) is 0 Å². The van der Waals surface area contributed by atoms with Gasteiger partial charge in [-0.25, -0.2) is 14.6 Å². The van der Waals surface area contributed by atoms with Gasteiger partial charge in [0.05, 0.1) is 41.6 Å². The molecule has 0 aliphatic heterocycles. The van der Waals surface area contributed by atoms with E-state index in [0.29, 0.717) is 34.3 Å². The van der Waals surface area contributed by atoms with E-state index in [1.807, 2.05) is 12.3 Å². The molecule has 5 rings (SSSR count). The minimum absolute atomic E-state index is 0.425. The van der Waals surface area contributed by atoms with Gasteiger partial charge in [-0.1, -0.05) is 24.5 Å². The van der Waals surface area contributed by atoms with Crippen molar-refractivity contribution in [3.05, 3.63) is 48.2 Å². The molecule has 1 atom stereocenters. The molecule has 33 heavy (non-hydrogen) atoms. The van der Waals surface area contributed by atoms with Crippen LogP contribution in [0.3, 0.4) is 0 Å². The second-order valence-corrected chi connectivity index (χ2v) is 8.28. The lowest BCUT2D eigenvalue weighted by Crippen LogP contribution is -2.15. The molecular formula is C23H22N10. The summed E-state index contributed by atoms with van der Waals surface area (Å²) < 4.78 is 3.32. The Morgan fingerprint density at radius 3 is 2.73 bits per heavy atom. The molecule has 4 aromatic rings. The predicted octanol–water partition coefficient (Wildman–Crippen LogP) is 3.64. The zero-order valence-electron chi connectivity index (χ0n) is 18.2. The van der Waals surface area contributed by atoms with E-state index in [9.17, 15) is 5.26 Å². The van der Waals surface area contributed by atoms with E-state index in [-0.39, 0.29) is 0 Å². The molecule has 1 aliphatic rings. The van der Waals surface area contributed by atoms with Gasteiger partial charge in [-0.2, -0.15) is 20.3 Å². The third-order valence-electron chi connectivity index (χ3n) is 5.97. The van der Waals surface area contributed by atoms with Gasteiger partial charge in [-0.05, 0) is 25.8 Å². The smallest absolute Gasteiger partial charge is 0.164 e. The number of hydrogen-bond donors (Lipinski definition) is 1. The van der Waals surface area contributed by atoms with Crippen LogP contribution in [0, 0.1) is 22.7 Å². The molecule has 4 heterocycles. The first-order valence-corrected chi connectivity index (χ1v) is 11.0. The fourth-order valence-corrected chi connectivity index (χ4v) is 4.25. The maximum Gasteiger partial charge on any atom is 0.164 e. The summed E-state index contributed by atoms with van der Waals surface area (Å²) in [5.74, 6) is 0.972. The van der Waals surface area contributed by atoms with Gasteiger partial charge in [-0.3, -0.25) is 0 Å². The molecule has 1 aliphatic carbocycles. The quantitative estimate of drug-likeness (QED) is 0.499. The van der Waals surface area contributed by atoms with Gasteiger partial charge < -0.3 is 5.32 Å². The molecule has 0 unspecified atom stereocenters. The summed E-state index contributed by atoms with van der Waals surface area (Å²) in [5, 5.41) is 35.6. The summed E-state index contributed by atoms with van der Waals surface area (Å²) >= 11 is 0. The molecule has 1 fully saturated rings. The van der Waals surface area contributed by atoms with Crippen molar-refractivity contribution in [2.24, 2.45) is 0 Å². The summed E-state index contributed by atoms with van der Waals surface area (Å²) in [7, 11) is 0. The molecule has 10 heteroatoms. The van der Waals surface area contributed by atoms with Gasteiger partial charge in [0.2, 0.25) is 0 Å². The maximum atomic E-state index is 9.36. The Morgan fingerprint density at radius 2 is 1.94 bits per heavy atom.